The molecule has 0 radical (unpaired) electrons. The summed E-state index contributed by atoms with van der Waals surface area (Å²) in [6.45, 7) is 6.19. The van der Waals surface area contributed by atoms with Gasteiger partial charge in [0.15, 0.2) is 0 Å². The monoisotopic (exact) mass is 351 g/mol. The summed E-state index contributed by atoms with van der Waals surface area (Å²) in [6, 6.07) is 10.7. The van der Waals surface area contributed by atoms with Crippen molar-refractivity contribution in [3.05, 3.63) is 35.9 Å². The minimum Gasteiger partial charge on any atom is -0.298 e. The molecule has 138 valence electrons. The Balaban J connectivity index is 1.35. The minimum absolute atomic E-state index is 0.329. The number of fused-ring (bicyclic) bond motifs is 2. The van der Waals surface area contributed by atoms with E-state index >= 15 is 0 Å². The average Bonchev–Trinajstić information content (AvgIpc) is 3.20. The molecule has 3 fully saturated rings. The van der Waals surface area contributed by atoms with Crippen LogP contribution in [0.2, 0.25) is 0 Å². The first-order valence-electron chi connectivity index (χ1n) is 10.4. The second kappa shape index (κ2) is 6.19. The van der Waals surface area contributed by atoms with Gasteiger partial charge in [-0.05, 0) is 43.1 Å². The van der Waals surface area contributed by atoms with Crippen LogP contribution in [0.25, 0.3) is 0 Å². The van der Waals surface area contributed by atoms with E-state index in [1.54, 1.807) is 0 Å². The Morgan fingerprint density at radius 2 is 1.96 bits per heavy atom. The highest BCUT2D eigenvalue weighted by Crippen LogP contribution is 2.51. The van der Waals surface area contributed by atoms with Gasteiger partial charge < -0.3 is 0 Å². The molecule has 0 bridgehead atoms. The normalized spacial score (nSPS) is 34.0. The highest BCUT2D eigenvalue weighted by atomic mass is 16.2. The van der Waals surface area contributed by atoms with Crippen LogP contribution in [0.1, 0.15) is 44.6 Å². The van der Waals surface area contributed by atoms with Gasteiger partial charge in [0.1, 0.15) is 11.4 Å². The smallest absolute Gasteiger partial charge is 0.256 e. The molecule has 2 aliphatic carbocycles. The predicted molar refractivity (Wildman–Crippen MR) is 103 cm³/mol. The van der Waals surface area contributed by atoms with E-state index in [2.05, 4.69) is 47.1 Å². The molecule has 2 aliphatic heterocycles. The quantitative estimate of drug-likeness (QED) is 0.816. The van der Waals surface area contributed by atoms with Gasteiger partial charge in [-0.2, -0.15) is 0 Å². The van der Waals surface area contributed by atoms with Crippen LogP contribution in [0.15, 0.2) is 35.3 Å². The number of benzene rings is 1. The van der Waals surface area contributed by atoms with E-state index in [-0.39, 0.29) is 0 Å². The molecule has 0 unspecified atom stereocenters. The van der Waals surface area contributed by atoms with Crippen LogP contribution in [0, 0.1) is 17.8 Å². The van der Waals surface area contributed by atoms with Gasteiger partial charge in [0.25, 0.3) is 5.91 Å². The number of hydrogen-bond donors (Lipinski definition) is 0. The maximum Gasteiger partial charge on any atom is 0.256 e. The van der Waals surface area contributed by atoms with Crippen molar-refractivity contribution in [1.82, 2.24) is 9.80 Å². The van der Waals surface area contributed by atoms with Crippen molar-refractivity contribution in [2.24, 2.45) is 22.7 Å². The minimum atomic E-state index is -0.434. The largest absolute Gasteiger partial charge is 0.298 e. The molecule has 0 N–H and O–H groups in total. The Kier molecular flexibility index (Phi) is 3.93. The lowest BCUT2D eigenvalue weighted by atomic mass is 9.85. The first-order chi connectivity index (χ1) is 12.7. The molecule has 3 atom stereocenters. The van der Waals surface area contributed by atoms with Gasteiger partial charge in [0.05, 0.1) is 0 Å². The highest BCUT2D eigenvalue weighted by molar-refractivity contribution is 6.08. The number of hydrogen-bond acceptors (Lipinski definition) is 3. The molecular weight excluding hydrogens is 322 g/mol. The predicted octanol–water partition coefficient (Wildman–Crippen LogP) is 3.33. The number of likely N-dealkylation sites (tertiary alicyclic amines) is 1. The number of carbonyl (C=O) groups is 1. The number of amidine groups is 1. The Labute approximate surface area is 156 Å². The third-order valence-electron chi connectivity index (χ3n) is 6.98. The van der Waals surface area contributed by atoms with E-state index < -0.39 is 5.54 Å². The van der Waals surface area contributed by atoms with Crippen LogP contribution in [-0.2, 0) is 11.3 Å². The molecule has 1 aromatic rings. The van der Waals surface area contributed by atoms with Gasteiger partial charge in [-0.25, -0.2) is 0 Å². The first-order valence-corrected chi connectivity index (χ1v) is 10.4. The summed E-state index contributed by atoms with van der Waals surface area (Å²) in [7, 11) is 0. The molecule has 4 nitrogen and oxygen atoms in total. The lowest BCUT2D eigenvalue weighted by Gasteiger charge is -2.28. The molecule has 4 aliphatic rings. The van der Waals surface area contributed by atoms with Crippen LogP contribution in [0.3, 0.4) is 0 Å². The van der Waals surface area contributed by atoms with Gasteiger partial charge in [0.2, 0.25) is 0 Å². The van der Waals surface area contributed by atoms with Crippen LogP contribution < -0.4 is 0 Å². The topological polar surface area (TPSA) is 35.9 Å². The van der Waals surface area contributed by atoms with Crippen molar-refractivity contribution >= 4 is 11.7 Å². The molecule has 1 amide bonds. The van der Waals surface area contributed by atoms with Gasteiger partial charge in [-0.1, -0.05) is 37.3 Å². The molecule has 1 saturated heterocycles. The summed E-state index contributed by atoms with van der Waals surface area (Å²) in [5.41, 5.74) is 0.934. The van der Waals surface area contributed by atoms with Gasteiger partial charge >= 0.3 is 0 Å². The second-order valence-electron chi connectivity index (χ2n) is 8.75. The highest BCUT2D eigenvalue weighted by Gasteiger charge is 2.61. The molecule has 2 heterocycles. The fourth-order valence-corrected chi connectivity index (χ4v) is 5.47. The molecule has 5 rings (SSSR count). The van der Waals surface area contributed by atoms with E-state index in [1.807, 2.05) is 0 Å². The first kappa shape index (κ1) is 16.5. The number of rotatable bonds is 5. The van der Waals surface area contributed by atoms with E-state index in [0.29, 0.717) is 17.7 Å². The Hall–Kier alpha value is -1.68. The zero-order valence-corrected chi connectivity index (χ0v) is 15.7. The Bertz CT molecular complexity index is 726. The van der Waals surface area contributed by atoms with Crippen molar-refractivity contribution in [3.63, 3.8) is 0 Å². The maximum absolute atomic E-state index is 13.5. The SMILES string of the molecule is CCC1=N[C@@]2(CC[C@@H]3CN(Cc4ccccc4)C[C@@H]32)C(=O)N1CC1CC1. The summed E-state index contributed by atoms with van der Waals surface area (Å²) in [4.78, 5) is 23.2. The molecule has 0 aromatic heterocycles. The Morgan fingerprint density at radius 1 is 1.15 bits per heavy atom. The lowest BCUT2D eigenvalue weighted by molar-refractivity contribution is -0.132. The number of carbonyl (C=O) groups excluding carboxylic acids is 1. The number of nitrogens with zero attached hydrogens (tertiary/aromatic N) is 3. The lowest BCUT2D eigenvalue weighted by Crippen LogP contribution is -2.47. The fraction of sp³-hybridized carbons (Fsp3) is 0.636. The van der Waals surface area contributed by atoms with Gasteiger partial charge in [-0.3, -0.25) is 19.6 Å². The zero-order valence-electron chi connectivity index (χ0n) is 15.7. The average molecular weight is 351 g/mol. The van der Waals surface area contributed by atoms with Crippen molar-refractivity contribution in [2.75, 3.05) is 19.6 Å². The fourth-order valence-electron chi connectivity index (χ4n) is 5.47. The molecule has 4 heteroatoms. The molecule has 26 heavy (non-hydrogen) atoms. The van der Waals surface area contributed by atoms with Crippen LogP contribution in [0.5, 0.6) is 0 Å². The van der Waals surface area contributed by atoms with Crippen molar-refractivity contribution in [2.45, 2.75) is 51.1 Å². The summed E-state index contributed by atoms with van der Waals surface area (Å²) in [5, 5.41) is 0. The third-order valence-corrected chi connectivity index (χ3v) is 6.98. The van der Waals surface area contributed by atoms with E-state index in [4.69, 9.17) is 4.99 Å². The van der Waals surface area contributed by atoms with E-state index in [9.17, 15) is 4.79 Å². The molecule has 1 spiro atoms. The molecule has 2 saturated carbocycles. The maximum atomic E-state index is 13.5. The molecule has 1 aromatic carbocycles. The van der Waals surface area contributed by atoms with E-state index in [1.165, 1.54) is 18.4 Å². The Morgan fingerprint density at radius 3 is 2.69 bits per heavy atom. The summed E-state index contributed by atoms with van der Waals surface area (Å²) < 4.78 is 0. The second-order valence-corrected chi connectivity index (χ2v) is 8.75. The summed E-state index contributed by atoms with van der Waals surface area (Å²) in [5.74, 6) is 3.15. The molecular formula is C22H29N3O. The van der Waals surface area contributed by atoms with Crippen molar-refractivity contribution in [3.8, 4) is 0 Å². The zero-order chi connectivity index (χ0) is 17.7. The van der Waals surface area contributed by atoms with Crippen LogP contribution in [0.4, 0.5) is 0 Å². The van der Waals surface area contributed by atoms with Crippen molar-refractivity contribution < 1.29 is 4.79 Å². The number of aliphatic imine (C=N–C) groups is 1. The van der Waals surface area contributed by atoms with Crippen LogP contribution >= 0.6 is 0 Å². The van der Waals surface area contributed by atoms with Gasteiger partial charge in [0, 0.05) is 38.5 Å². The summed E-state index contributed by atoms with van der Waals surface area (Å²) in [6.07, 6.45) is 5.56. The van der Waals surface area contributed by atoms with E-state index in [0.717, 1.165) is 57.2 Å². The standard InChI is InChI=1S/C22H29N3O/c1-2-20-23-22(21(26)25(20)13-17-8-9-17)11-10-18-14-24(15-19(18)22)12-16-6-4-3-5-7-16/h3-7,17-19H,2,8-15H2,1H3/t18-,19+,22-/m1/s1. The van der Waals surface area contributed by atoms with Crippen LogP contribution in [-0.4, -0.2) is 46.7 Å². The van der Waals surface area contributed by atoms with Gasteiger partial charge in [-0.15, -0.1) is 0 Å². The summed E-state index contributed by atoms with van der Waals surface area (Å²) >= 11 is 0. The van der Waals surface area contributed by atoms with Crippen molar-refractivity contribution in [1.29, 1.82) is 0 Å². The third kappa shape index (κ3) is 2.61. The number of amides is 1.